The minimum atomic E-state index is -0.237. The molecule has 1 atom stereocenters. The van der Waals surface area contributed by atoms with Crippen LogP contribution in [0.1, 0.15) is 10.5 Å². The number of aromatic nitrogens is 1. The molecule has 2 heterocycles. The second kappa shape index (κ2) is 5.59. The van der Waals surface area contributed by atoms with Crippen LogP contribution in [0.5, 0.6) is 0 Å². The van der Waals surface area contributed by atoms with Crippen molar-refractivity contribution in [2.45, 2.75) is 6.10 Å². The van der Waals surface area contributed by atoms with Gasteiger partial charge in [0.05, 0.1) is 6.10 Å². The molecule has 0 aromatic carbocycles. The van der Waals surface area contributed by atoms with Gasteiger partial charge >= 0.3 is 0 Å². The van der Waals surface area contributed by atoms with Crippen LogP contribution in [0.4, 0.5) is 0 Å². The third-order valence-electron chi connectivity index (χ3n) is 2.73. The highest BCUT2D eigenvalue weighted by molar-refractivity contribution is 5.92. The fourth-order valence-corrected chi connectivity index (χ4v) is 1.68. The zero-order chi connectivity index (χ0) is 13.0. The molecule has 2 rings (SSSR count). The van der Waals surface area contributed by atoms with Crippen LogP contribution < -0.4 is 5.32 Å². The van der Waals surface area contributed by atoms with E-state index >= 15 is 0 Å². The number of morpholine rings is 1. The van der Waals surface area contributed by atoms with Crippen molar-refractivity contribution in [1.29, 1.82) is 0 Å². The van der Waals surface area contributed by atoms with E-state index in [0.29, 0.717) is 18.8 Å². The minimum Gasteiger partial charge on any atom is -0.365 e. The number of pyridine rings is 1. The van der Waals surface area contributed by atoms with Gasteiger partial charge in [-0.3, -0.25) is 14.6 Å². The number of nitrogens with one attached hydrogen (secondary N) is 1. The molecule has 0 bridgehead atoms. The zero-order valence-electron chi connectivity index (χ0n) is 10.1. The quantitative estimate of drug-likeness (QED) is 0.796. The maximum atomic E-state index is 11.7. The maximum Gasteiger partial charge on any atom is 0.269 e. The van der Waals surface area contributed by atoms with Crippen molar-refractivity contribution < 1.29 is 14.3 Å². The first kappa shape index (κ1) is 12.5. The van der Waals surface area contributed by atoms with Gasteiger partial charge in [0.25, 0.3) is 5.91 Å². The van der Waals surface area contributed by atoms with E-state index in [0.717, 1.165) is 0 Å². The summed E-state index contributed by atoms with van der Waals surface area (Å²) in [5, 5.41) is 2.74. The highest BCUT2D eigenvalue weighted by Crippen LogP contribution is 2.03. The van der Waals surface area contributed by atoms with Gasteiger partial charge in [0, 0.05) is 26.3 Å². The fraction of sp³-hybridized carbons (Fsp3) is 0.417. The monoisotopic (exact) mass is 249 g/mol. The Morgan fingerprint density at radius 3 is 3.11 bits per heavy atom. The van der Waals surface area contributed by atoms with Crippen LogP contribution in [0.15, 0.2) is 24.4 Å². The predicted molar refractivity (Wildman–Crippen MR) is 63.9 cm³/mol. The van der Waals surface area contributed by atoms with Gasteiger partial charge in [0.1, 0.15) is 12.3 Å². The number of hydrogen-bond donors (Lipinski definition) is 1. The van der Waals surface area contributed by atoms with Gasteiger partial charge in [-0.05, 0) is 12.1 Å². The molecule has 1 aromatic rings. The van der Waals surface area contributed by atoms with E-state index in [1.165, 1.54) is 0 Å². The largest absolute Gasteiger partial charge is 0.365 e. The number of nitrogens with zero attached hydrogens (tertiary/aromatic N) is 2. The summed E-state index contributed by atoms with van der Waals surface area (Å²) in [5.41, 5.74) is 0.373. The van der Waals surface area contributed by atoms with E-state index in [9.17, 15) is 9.59 Å². The summed E-state index contributed by atoms with van der Waals surface area (Å²) in [6, 6.07) is 5.15. The van der Waals surface area contributed by atoms with Gasteiger partial charge in [-0.15, -0.1) is 0 Å². The number of likely N-dealkylation sites (N-methyl/N-ethyl adjacent to an activating group) is 1. The Morgan fingerprint density at radius 2 is 2.44 bits per heavy atom. The Kier molecular flexibility index (Phi) is 3.88. The number of carbonyl (C=O) groups is 2. The molecule has 1 fully saturated rings. The molecule has 1 aliphatic rings. The second-order valence-corrected chi connectivity index (χ2v) is 4.13. The number of ether oxygens (including phenoxy) is 1. The van der Waals surface area contributed by atoms with Gasteiger partial charge in [-0.25, -0.2) is 0 Å². The van der Waals surface area contributed by atoms with Crippen LogP contribution in [0.3, 0.4) is 0 Å². The summed E-state index contributed by atoms with van der Waals surface area (Å²) in [4.78, 5) is 28.5. The summed E-state index contributed by atoms with van der Waals surface area (Å²) in [6.07, 6.45) is 1.40. The molecule has 96 valence electrons. The SMILES string of the molecule is CN1CC(CNC(=O)c2ccccn2)OCC1=O. The minimum absolute atomic E-state index is 0.0395. The van der Waals surface area contributed by atoms with E-state index < -0.39 is 0 Å². The number of rotatable bonds is 3. The predicted octanol–water partition coefficient (Wildman–Crippen LogP) is -0.331. The second-order valence-electron chi connectivity index (χ2n) is 4.13. The summed E-state index contributed by atoms with van der Waals surface area (Å²) in [7, 11) is 1.72. The van der Waals surface area contributed by atoms with Gasteiger partial charge in [0.2, 0.25) is 5.91 Å². The molecule has 18 heavy (non-hydrogen) atoms. The molecule has 0 aliphatic carbocycles. The van der Waals surface area contributed by atoms with Gasteiger partial charge in [-0.2, -0.15) is 0 Å². The lowest BCUT2D eigenvalue weighted by atomic mass is 10.2. The third kappa shape index (κ3) is 3.04. The van der Waals surface area contributed by atoms with Crippen LogP contribution in [0, 0.1) is 0 Å². The van der Waals surface area contributed by atoms with Crippen LogP contribution in [-0.2, 0) is 9.53 Å². The molecule has 1 saturated heterocycles. The van der Waals surface area contributed by atoms with E-state index in [1.807, 2.05) is 0 Å². The van der Waals surface area contributed by atoms with Crippen LogP contribution >= 0.6 is 0 Å². The molecule has 1 aromatic heterocycles. The van der Waals surface area contributed by atoms with Crippen LogP contribution in [-0.4, -0.2) is 54.5 Å². The lowest BCUT2D eigenvalue weighted by Gasteiger charge is -2.29. The molecule has 2 amide bonds. The summed E-state index contributed by atoms with van der Waals surface area (Å²) >= 11 is 0. The highest BCUT2D eigenvalue weighted by Gasteiger charge is 2.23. The molecular formula is C12H15N3O3. The van der Waals surface area contributed by atoms with Crippen molar-refractivity contribution >= 4 is 11.8 Å². The number of carbonyl (C=O) groups excluding carboxylic acids is 2. The molecule has 1 N–H and O–H groups in total. The van der Waals surface area contributed by atoms with E-state index in [1.54, 1.807) is 36.3 Å². The normalized spacial score (nSPS) is 19.7. The van der Waals surface area contributed by atoms with Gasteiger partial charge in [-0.1, -0.05) is 6.07 Å². The van der Waals surface area contributed by atoms with Crippen LogP contribution in [0.2, 0.25) is 0 Å². The number of hydrogen-bond acceptors (Lipinski definition) is 4. The van der Waals surface area contributed by atoms with E-state index in [-0.39, 0.29) is 24.5 Å². The molecule has 0 spiro atoms. The third-order valence-corrected chi connectivity index (χ3v) is 2.73. The topological polar surface area (TPSA) is 71.5 Å². The molecular weight excluding hydrogens is 234 g/mol. The summed E-state index contributed by atoms with van der Waals surface area (Å²) in [5.74, 6) is -0.277. The Bertz CT molecular complexity index is 435. The first-order chi connectivity index (χ1) is 8.66. The van der Waals surface area contributed by atoms with E-state index in [2.05, 4.69) is 10.3 Å². The molecule has 1 unspecified atom stereocenters. The Morgan fingerprint density at radius 1 is 1.61 bits per heavy atom. The van der Waals surface area contributed by atoms with Crippen molar-refractivity contribution in [3.8, 4) is 0 Å². The number of amides is 2. The standard InChI is InChI=1S/C12H15N3O3/c1-15-7-9(18-8-11(15)16)6-14-12(17)10-4-2-3-5-13-10/h2-5,9H,6-8H2,1H3,(H,14,17). The maximum absolute atomic E-state index is 11.7. The molecule has 6 heteroatoms. The van der Waals surface area contributed by atoms with Crippen LogP contribution in [0.25, 0.3) is 0 Å². The summed E-state index contributed by atoms with van der Waals surface area (Å²) < 4.78 is 5.32. The van der Waals surface area contributed by atoms with Gasteiger partial charge < -0.3 is 15.0 Å². The summed E-state index contributed by atoms with van der Waals surface area (Å²) in [6.45, 7) is 0.926. The molecule has 0 saturated carbocycles. The molecule has 0 radical (unpaired) electrons. The Balaban J connectivity index is 1.82. The van der Waals surface area contributed by atoms with E-state index in [4.69, 9.17) is 4.74 Å². The lowest BCUT2D eigenvalue weighted by Crippen LogP contribution is -2.48. The average Bonchev–Trinajstić information content (AvgIpc) is 2.41. The zero-order valence-corrected chi connectivity index (χ0v) is 10.1. The average molecular weight is 249 g/mol. The Hall–Kier alpha value is -1.95. The van der Waals surface area contributed by atoms with Crippen molar-refractivity contribution in [3.63, 3.8) is 0 Å². The molecule has 6 nitrogen and oxygen atoms in total. The lowest BCUT2D eigenvalue weighted by molar-refractivity contribution is -0.146. The first-order valence-electron chi connectivity index (χ1n) is 5.71. The smallest absolute Gasteiger partial charge is 0.269 e. The fourth-order valence-electron chi connectivity index (χ4n) is 1.68. The molecule has 1 aliphatic heterocycles. The highest BCUT2D eigenvalue weighted by atomic mass is 16.5. The van der Waals surface area contributed by atoms with Crippen molar-refractivity contribution in [2.75, 3.05) is 26.7 Å². The van der Waals surface area contributed by atoms with Crippen molar-refractivity contribution in [1.82, 2.24) is 15.2 Å². The first-order valence-corrected chi connectivity index (χ1v) is 5.71. The van der Waals surface area contributed by atoms with Gasteiger partial charge in [0.15, 0.2) is 0 Å². The Labute approximate surface area is 105 Å². The van der Waals surface area contributed by atoms with Crippen molar-refractivity contribution in [2.24, 2.45) is 0 Å². The van der Waals surface area contributed by atoms with Crippen molar-refractivity contribution in [3.05, 3.63) is 30.1 Å².